The highest BCUT2D eigenvalue weighted by Crippen LogP contribution is 2.37. The highest BCUT2D eigenvalue weighted by atomic mass is 32.2. The zero-order chi connectivity index (χ0) is 6.97. The van der Waals surface area contributed by atoms with E-state index in [1.807, 2.05) is 0 Å². The molecule has 2 rings (SSSR count). The minimum atomic E-state index is -0.0584. The molecule has 2 aliphatic rings. The van der Waals surface area contributed by atoms with Crippen molar-refractivity contribution in [1.82, 2.24) is 0 Å². The maximum absolute atomic E-state index is 10.8. The number of carbonyl (C=O) groups excluding carboxylic acids is 1. The Labute approximate surface area is 64.3 Å². The van der Waals surface area contributed by atoms with Gasteiger partial charge in [0.15, 0.2) is 0 Å². The average molecular weight is 158 g/mol. The Morgan fingerprint density at radius 1 is 1.40 bits per heavy atom. The number of hydrogen-bond acceptors (Lipinski definition) is 3. The van der Waals surface area contributed by atoms with E-state index in [0.717, 1.165) is 6.42 Å². The molecule has 2 nitrogen and oxygen atoms in total. The molecule has 0 radical (unpaired) electrons. The molecular formula is C7H10O2S. The van der Waals surface area contributed by atoms with E-state index in [4.69, 9.17) is 4.74 Å². The van der Waals surface area contributed by atoms with Crippen molar-refractivity contribution in [2.45, 2.75) is 37.0 Å². The van der Waals surface area contributed by atoms with Gasteiger partial charge in [0.05, 0.1) is 5.25 Å². The van der Waals surface area contributed by atoms with Crippen LogP contribution in [-0.4, -0.2) is 16.7 Å². The molecule has 56 valence electrons. The number of thioether (sulfide) groups is 1. The summed E-state index contributed by atoms with van der Waals surface area (Å²) in [6.07, 6.45) is 5.01. The summed E-state index contributed by atoms with van der Waals surface area (Å²) in [6, 6.07) is 0. The number of hydrogen-bond donors (Lipinski definition) is 0. The average Bonchev–Trinajstić information content (AvgIpc) is 2.27. The van der Waals surface area contributed by atoms with E-state index < -0.39 is 0 Å². The summed E-state index contributed by atoms with van der Waals surface area (Å²) in [6.45, 7) is 0. The summed E-state index contributed by atoms with van der Waals surface area (Å²) in [4.78, 5) is 10.8. The number of carbonyl (C=O) groups is 1. The lowest BCUT2D eigenvalue weighted by Gasteiger charge is -2.20. The van der Waals surface area contributed by atoms with Gasteiger partial charge in [-0.25, -0.2) is 4.79 Å². The van der Waals surface area contributed by atoms with Gasteiger partial charge in [-0.3, -0.25) is 0 Å². The van der Waals surface area contributed by atoms with Crippen LogP contribution in [0.15, 0.2) is 0 Å². The van der Waals surface area contributed by atoms with Crippen LogP contribution >= 0.6 is 11.8 Å². The van der Waals surface area contributed by atoms with E-state index in [1.165, 1.54) is 31.0 Å². The topological polar surface area (TPSA) is 26.3 Å². The molecule has 2 unspecified atom stereocenters. The van der Waals surface area contributed by atoms with Gasteiger partial charge in [0.1, 0.15) is 6.10 Å². The van der Waals surface area contributed by atoms with E-state index in [9.17, 15) is 4.79 Å². The second-order valence-electron chi connectivity index (χ2n) is 2.85. The Kier molecular flexibility index (Phi) is 1.60. The number of rotatable bonds is 0. The first kappa shape index (κ1) is 6.53. The summed E-state index contributed by atoms with van der Waals surface area (Å²) < 4.78 is 5.09. The first-order valence-electron chi connectivity index (χ1n) is 3.73. The third-order valence-corrected chi connectivity index (χ3v) is 3.27. The Morgan fingerprint density at radius 3 is 3.00 bits per heavy atom. The molecule has 0 aromatic carbocycles. The Morgan fingerprint density at radius 2 is 2.20 bits per heavy atom. The standard InChI is InChI=1S/C7H10O2S/c8-7-9-5-3-1-2-4-6(5)10-7/h5-6H,1-4H2. The molecule has 0 bridgehead atoms. The molecule has 2 atom stereocenters. The van der Waals surface area contributed by atoms with Crippen LogP contribution in [0.25, 0.3) is 0 Å². The van der Waals surface area contributed by atoms with Crippen LogP contribution in [0.4, 0.5) is 4.79 Å². The second kappa shape index (κ2) is 2.46. The van der Waals surface area contributed by atoms with Crippen LogP contribution < -0.4 is 0 Å². The first-order chi connectivity index (χ1) is 4.86. The molecule has 1 saturated carbocycles. The van der Waals surface area contributed by atoms with E-state index in [0.29, 0.717) is 5.25 Å². The molecule has 0 N–H and O–H groups in total. The van der Waals surface area contributed by atoms with Crippen LogP contribution in [0.1, 0.15) is 25.7 Å². The lowest BCUT2D eigenvalue weighted by molar-refractivity contribution is 0.113. The Bertz CT molecular complexity index is 142. The van der Waals surface area contributed by atoms with Crippen molar-refractivity contribution < 1.29 is 9.53 Å². The minimum Gasteiger partial charge on any atom is -0.453 e. The normalized spacial score (nSPS) is 39.0. The summed E-state index contributed by atoms with van der Waals surface area (Å²) in [5, 5.41) is 0.429. The van der Waals surface area contributed by atoms with Gasteiger partial charge < -0.3 is 4.74 Å². The van der Waals surface area contributed by atoms with Crippen LogP contribution in [0, 0.1) is 0 Å². The SMILES string of the molecule is O=C1OC2CCCCC2S1. The Balaban J connectivity index is 2.04. The quantitative estimate of drug-likeness (QED) is 0.505. The summed E-state index contributed by atoms with van der Waals surface area (Å²) in [5.41, 5.74) is 0. The van der Waals surface area contributed by atoms with Crippen molar-refractivity contribution in [3.05, 3.63) is 0 Å². The Hall–Kier alpha value is -0.180. The molecule has 1 saturated heterocycles. The largest absolute Gasteiger partial charge is 0.453 e. The van der Waals surface area contributed by atoms with E-state index in [-0.39, 0.29) is 11.4 Å². The molecule has 1 heterocycles. The number of ether oxygens (including phenoxy) is 1. The third-order valence-electron chi connectivity index (χ3n) is 2.14. The molecule has 10 heavy (non-hydrogen) atoms. The van der Waals surface area contributed by atoms with Crippen molar-refractivity contribution in [3.8, 4) is 0 Å². The highest BCUT2D eigenvalue weighted by molar-refractivity contribution is 8.14. The molecule has 2 fully saturated rings. The van der Waals surface area contributed by atoms with E-state index >= 15 is 0 Å². The molecule has 3 heteroatoms. The molecule has 0 aromatic rings. The lowest BCUT2D eigenvalue weighted by Crippen LogP contribution is -2.23. The second-order valence-corrected chi connectivity index (χ2v) is 4.02. The monoisotopic (exact) mass is 158 g/mol. The van der Waals surface area contributed by atoms with Crippen LogP contribution in [0.2, 0.25) is 0 Å². The lowest BCUT2D eigenvalue weighted by atomic mass is 9.97. The molecule has 1 aliphatic carbocycles. The van der Waals surface area contributed by atoms with Crippen LogP contribution in [0.5, 0.6) is 0 Å². The zero-order valence-electron chi connectivity index (χ0n) is 5.71. The fourth-order valence-corrected chi connectivity index (χ4v) is 2.66. The van der Waals surface area contributed by atoms with Gasteiger partial charge in [0, 0.05) is 0 Å². The maximum Gasteiger partial charge on any atom is 0.368 e. The smallest absolute Gasteiger partial charge is 0.368 e. The fourth-order valence-electron chi connectivity index (χ4n) is 1.61. The highest BCUT2D eigenvalue weighted by Gasteiger charge is 2.36. The van der Waals surface area contributed by atoms with Gasteiger partial charge in [-0.05, 0) is 31.0 Å². The molecular weight excluding hydrogens is 148 g/mol. The third kappa shape index (κ3) is 1.03. The zero-order valence-corrected chi connectivity index (χ0v) is 6.52. The van der Waals surface area contributed by atoms with Gasteiger partial charge in [-0.2, -0.15) is 0 Å². The van der Waals surface area contributed by atoms with Gasteiger partial charge in [-0.1, -0.05) is 6.42 Å². The summed E-state index contributed by atoms with van der Waals surface area (Å²) in [5.74, 6) is 0. The van der Waals surface area contributed by atoms with Gasteiger partial charge >= 0.3 is 5.30 Å². The molecule has 0 spiro atoms. The molecule has 0 aromatic heterocycles. The number of fused-ring (bicyclic) bond motifs is 1. The van der Waals surface area contributed by atoms with E-state index in [1.54, 1.807) is 0 Å². The fraction of sp³-hybridized carbons (Fsp3) is 0.857. The summed E-state index contributed by atoms with van der Waals surface area (Å²) >= 11 is 1.39. The van der Waals surface area contributed by atoms with Crippen LogP contribution in [-0.2, 0) is 4.74 Å². The van der Waals surface area contributed by atoms with Crippen LogP contribution in [0.3, 0.4) is 0 Å². The predicted molar refractivity (Wildman–Crippen MR) is 40.1 cm³/mol. The predicted octanol–water partition coefficient (Wildman–Crippen LogP) is 2.18. The molecule has 0 amide bonds. The van der Waals surface area contributed by atoms with Crippen molar-refractivity contribution in [2.24, 2.45) is 0 Å². The maximum atomic E-state index is 10.8. The van der Waals surface area contributed by atoms with Crippen molar-refractivity contribution in [3.63, 3.8) is 0 Å². The minimum absolute atomic E-state index is 0.0584. The van der Waals surface area contributed by atoms with Gasteiger partial charge in [0.25, 0.3) is 0 Å². The van der Waals surface area contributed by atoms with Crippen molar-refractivity contribution in [2.75, 3.05) is 0 Å². The molecule has 1 aliphatic heterocycles. The van der Waals surface area contributed by atoms with Gasteiger partial charge in [0.2, 0.25) is 0 Å². The van der Waals surface area contributed by atoms with Crippen molar-refractivity contribution in [1.29, 1.82) is 0 Å². The first-order valence-corrected chi connectivity index (χ1v) is 4.61. The van der Waals surface area contributed by atoms with Crippen molar-refractivity contribution >= 4 is 17.1 Å². The van der Waals surface area contributed by atoms with Gasteiger partial charge in [-0.15, -0.1) is 0 Å². The summed E-state index contributed by atoms with van der Waals surface area (Å²) in [7, 11) is 0. The van der Waals surface area contributed by atoms with E-state index in [2.05, 4.69) is 0 Å².